The first-order valence-corrected chi connectivity index (χ1v) is 6.20. The van der Waals surface area contributed by atoms with Gasteiger partial charge in [0.1, 0.15) is 0 Å². The van der Waals surface area contributed by atoms with Crippen molar-refractivity contribution in [1.29, 1.82) is 0 Å². The zero-order valence-electron chi connectivity index (χ0n) is 10.7. The highest BCUT2D eigenvalue weighted by atomic mass is 16.6. The van der Waals surface area contributed by atoms with Crippen LogP contribution in [0.5, 0.6) is 0 Å². The topological polar surface area (TPSA) is 97.2 Å². The average Bonchev–Trinajstić information content (AvgIpc) is 3.19. The molecular formula is C12H16N4O3. The van der Waals surface area contributed by atoms with Crippen molar-refractivity contribution in [1.82, 2.24) is 10.3 Å². The van der Waals surface area contributed by atoms with Gasteiger partial charge in [-0.25, -0.2) is 4.98 Å². The molecule has 1 amide bonds. The Labute approximate surface area is 110 Å². The molecule has 102 valence electrons. The summed E-state index contributed by atoms with van der Waals surface area (Å²) in [7, 11) is 0. The van der Waals surface area contributed by atoms with Gasteiger partial charge in [-0.15, -0.1) is 0 Å². The van der Waals surface area contributed by atoms with E-state index in [2.05, 4.69) is 15.6 Å². The number of nitrogens with one attached hydrogen (secondary N) is 2. The van der Waals surface area contributed by atoms with E-state index >= 15 is 0 Å². The van der Waals surface area contributed by atoms with Crippen molar-refractivity contribution in [2.45, 2.75) is 19.8 Å². The van der Waals surface area contributed by atoms with Crippen LogP contribution in [-0.4, -0.2) is 28.9 Å². The number of aryl methyl sites for hydroxylation is 1. The van der Waals surface area contributed by atoms with Crippen LogP contribution in [0.25, 0.3) is 0 Å². The molecule has 7 heteroatoms. The number of aromatic nitrogens is 1. The molecule has 1 fully saturated rings. The Morgan fingerprint density at radius 3 is 2.89 bits per heavy atom. The van der Waals surface area contributed by atoms with E-state index in [1.807, 2.05) is 0 Å². The summed E-state index contributed by atoms with van der Waals surface area (Å²) in [6.45, 7) is 2.59. The average molecular weight is 264 g/mol. The van der Waals surface area contributed by atoms with Gasteiger partial charge < -0.3 is 10.6 Å². The minimum absolute atomic E-state index is 0.0477. The molecule has 1 heterocycles. The molecule has 1 aromatic rings. The minimum atomic E-state index is -0.467. The Morgan fingerprint density at radius 1 is 1.53 bits per heavy atom. The highest BCUT2D eigenvalue weighted by molar-refractivity contribution is 5.80. The van der Waals surface area contributed by atoms with Gasteiger partial charge >= 0.3 is 5.69 Å². The maximum Gasteiger partial charge on any atom is 0.311 e. The molecule has 0 bridgehead atoms. The first-order chi connectivity index (χ1) is 9.08. The molecule has 0 saturated heterocycles. The zero-order valence-corrected chi connectivity index (χ0v) is 10.7. The van der Waals surface area contributed by atoms with Gasteiger partial charge in [0.25, 0.3) is 0 Å². The second-order valence-corrected chi connectivity index (χ2v) is 4.63. The molecule has 0 radical (unpaired) electrons. The maximum absolute atomic E-state index is 11.4. The monoisotopic (exact) mass is 264 g/mol. The molecule has 0 aliphatic heterocycles. The number of carbonyl (C=O) groups excluding carboxylic acids is 1. The SMILES string of the molecule is Cc1cnc(NCCNC(=O)C2CC2)c([N+](=O)[O-])c1. The van der Waals surface area contributed by atoms with Gasteiger partial charge in [0.15, 0.2) is 0 Å². The Hall–Kier alpha value is -2.18. The number of hydrogen-bond donors (Lipinski definition) is 2. The molecule has 1 aliphatic carbocycles. The molecule has 2 rings (SSSR count). The Morgan fingerprint density at radius 2 is 2.26 bits per heavy atom. The van der Waals surface area contributed by atoms with Gasteiger partial charge in [0.05, 0.1) is 4.92 Å². The molecule has 1 saturated carbocycles. The Balaban J connectivity index is 1.84. The van der Waals surface area contributed by atoms with Crippen LogP contribution >= 0.6 is 0 Å². The van der Waals surface area contributed by atoms with Crippen molar-refractivity contribution in [3.05, 3.63) is 27.9 Å². The summed E-state index contributed by atoms with van der Waals surface area (Å²) in [5, 5.41) is 16.5. The number of nitro groups is 1. The summed E-state index contributed by atoms with van der Waals surface area (Å²) < 4.78 is 0. The van der Waals surface area contributed by atoms with Crippen LogP contribution in [0.4, 0.5) is 11.5 Å². The summed E-state index contributed by atoms with van der Waals surface area (Å²) in [5.74, 6) is 0.469. The van der Waals surface area contributed by atoms with Gasteiger partial charge in [-0.3, -0.25) is 14.9 Å². The van der Waals surface area contributed by atoms with Crippen molar-refractivity contribution in [2.75, 3.05) is 18.4 Å². The van der Waals surface area contributed by atoms with Crippen molar-refractivity contribution in [3.63, 3.8) is 0 Å². The van der Waals surface area contributed by atoms with Crippen molar-refractivity contribution < 1.29 is 9.72 Å². The van der Waals surface area contributed by atoms with Crippen LogP contribution in [0.2, 0.25) is 0 Å². The van der Waals surface area contributed by atoms with Crippen molar-refractivity contribution >= 4 is 17.4 Å². The highest BCUT2D eigenvalue weighted by Gasteiger charge is 2.29. The molecule has 0 unspecified atom stereocenters. The van der Waals surface area contributed by atoms with Crippen LogP contribution in [0, 0.1) is 23.0 Å². The molecule has 0 atom stereocenters. The zero-order chi connectivity index (χ0) is 13.8. The third-order valence-corrected chi connectivity index (χ3v) is 2.87. The second-order valence-electron chi connectivity index (χ2n) is 4.63. The largest absolute Gasteiger partial charge is 0.363 e. The third kappa shape index (κ3) is 3.64. The van der Waals surface area contributed by atoms with Crippen molar-refractivity contribution in [2.24, 2.45) is 5.92 Å². The molecule has 1 aromatic heterocycles. The molecule has 1 aliphatic rings. The molecule has 0 spiro atoms. The van der Waals surface area contributed by atoms with Gasteiger partial charge in [-0.05, 0) is 25.3 Å². The van der Waals surface area contributed by atoms with E-state index in [1.54, 1.807) is 13.1 Å². The summed E-state index contributed by atoms with van der Waals surface area (Å²) in [6.07, 6.45) is 3.49. The Bertz CT molecular complexity index is 500. The van der Waals surface area contributed by atoms with E-state index in [4.69, 9.17) is 0 Å². The molecule has 2 N–H and O–H groups in total. The van der Waals surface area contributed by atoms with Crippen LogP contribution in [0.3, 0.4) is 0 Å². The first kappa shape index (κ1) is 13.3. The lowest BCUT2D eigenvalue weighted by Crippen LogP contribution is -2.30. The summed E-state index contributed by atoms with van der Waals surface area (Å²) >= 11 is 0. The van der Waals surface area contributed by atoms with Crippen LogP contribution < -0.4 is 10.6 Å². The van der Waals surface area contributed by atoms with Crippen molar-refractivity contribution in [3.8, 4) is 0 Å². The number of nitrogens with zero attached hydrogens (tertiary/aromatic N) is 2. The quantitative estimate of drug-likeness (QED) is 0.457. The second kappa shape index (κ2) is 5.64. The van der Waals surface area contributed by atoms with E-state index in [9.17, 15) is 14.9 Å². The fourth-order valence-electron chi connectivity index (χ4n) is 1.69. The van der Waals surface area contributed by atoms with E-state index in [1.165, 1.54) is 6.07 Å². The fraction of sp³-hybridized carbons (Fsp3) is 0.500. The summed E-state index contributed by atoms with van der Waals surface area (Å²) in [6, 6.07) is 1.47. The minimum Gasteiger partial charge on any atom is -0.363 e. The lowest BCUT2D eigenvalue weighted by atomic mass is 10.3. The predicted octanol–water partition coefficient (Wildman–Crippen LogP) is 1.24. The number of carbonyl (C=O) groups is 1. The molecule has 19 heavy (non-hydrogen) atoms. The Kier molecular flexibility index (Phi) is 3.94. The van der Waals surface area contributed by atoms with Gasteiger partial charge in [-0.2, -0.15) is 0 Å². The van der Waals surface area contributed by atoms with Gasteiger partial charge in [0, 0.05) is 31.3 Å². The van der Waals surface area contributed by atoms with Gasteiger partial charge in [0.2, 0.25) is 11.7 Å². The predicted molar refractivity (Wildman–Crippen MR) is 69.9 cm³/mol. The van der Waals surface area contributed by atoms with Crippen LogP contribution in [-0.2, 0) is 4.79 Å². The first-order valence-electron chi connectivity index (χ1n) is 6.20. The highest BCUT2D eigenvalue weighted by Crippen LogP contribution is 2.28. The number of pyridine rings is 1. The number of rotatable bonds is 6. The van der Waals surface area contributed by atoms with Crippen LogP contribution in [0.15, 0.2) is 12.3 Å². The van der Waals surface area contributed by atoms with Crippen LogP contribution in [0.1, 0.15) is 18.4 Å². The normalized spacial score (nSPS) is 13.9. The molecule has 7 nitrogen and oxygen atoms in total. The summed E-state index contributed by atoms with van der Waals surface area (Å²) in [4.78, 5) is 25.8. The maximum atomic E-state index is 11.4. The van der Waals surface area contributed by atoms with E-state index in [0.29, 0.717) is 13.1 Å². The van der Waals surface area contributed by atoms with E-state index < -0.39 is 4.92 Å². The lowest BCUT2D eigenvalue weighted by molar-refractivity contribution is -0.384. The number of anilines is 1. The smallest absolute Gasteiger partial charge is 0.311 e. The number of amides is 1. The lowest BCUT2D eigenvalue weighted by Gasteiger charge is -2.07. The van der Waals surface area contributed by atoms with E-state index in [0.717, 1.165) is 18.4 Å². The summed E-state index contributed by atoms with van der Waals surface area (Å²) in [5.41, 5.74) is 0.688. The van der Waals surface area contributed by atoms with E-state index in [-0.39, 0.29) is 23.3 Å². The van der Waals surface area contributed by atoms with Gasteiger partial charge in [-0.1, -0.05) is 0 Å². The third-order valence-electron chi connectivity index (χ3n) is 2.87. The standard InChI is InChI=1S/C12H16N4O3/c1-8-6-10(16(18)19)11(15-7-8)13-4-5-14-12(17)9-2-3-9/h6-7,9H,2-5H2,1H3,(H,13,15)(H,14,17). The molecular weight excluding hydrogens is 248 g/mol. The fourth-order valence-corrected chi connectivity index (χ4v) is 1.69. The molecule has 0 aromatic carbocycles. The number of hydrogen-bond acceptors (Lipinski definition) is 5.